The smallest absolute Gasteiger partial charge is 0.191 e. The van der Waals surface area contributed by atoms with Gasteiger partial charge in [-0.25, -0.2) is 14.1 Å². The Morgan fingerprint density at radius 1 is 1.17 bits per heavy atom. The van der Waals surface area contributed by atoms with Crippen molar-refractivity contribution in [1.29, 1.82) is 0 Å². The Balaban J connectivity index is 1.60. The second kappa shape index (κ2) is 8.86. The predicted molar refractivity (Wildman–Crippen MR) is 114 cm³/mol. The van der Waals surface area contributed by atoms with Crippen molar-refractivity contribution in [3.8, 4) is 5.82 Å². The van der Waals surface area contributed by atoms with Gasteiger partial charge in [-0.3, -0.25) is 4.99 Å². The molecule has 152 valence electrons. The number of nitrogens with one attached hydrogen (secondary N) is 2. The van der Waals surface area contributed by atoms with E-state index >= 15 is 0 Å². The molecule has 2 N–H and O–H groups in total. The summed E-state index contributed by atoms with van der Waals surface area (Å²) in [6.45, 7) is 8.27. The number of nitrogens with zero attached hydrogens (tertiary/aromatic N) is 4. The third-order valence-corrected chi connectivity index (χ3v) is 4.77. The Morgan fingerprint density at radius 2 is 1.97 bits per heavy atom. The second-order valence-corrected chi connectivity index (χ2v) is 7.16. The number of halogens is 1. The van der Waals surface area contributed by atoms with Crippen molar-refractivity contribution in [2.45, 2.75) is 40.3 Å². The van der Waals surface area contributed by atoms with E-state index in [1.165, 1.54) is 0 Å². The van der Waals surface area contributed by atoms with Gasteiger partial charge < -0.3 is 10.6 Å². The molecule has 0 aliphatic carbocycles. The fraction of sp³-hybridized carbons (Fsp3) is 0.318. The van der Waals surface area contributed by atoms with Crippen molar-refractivity contribution in [2.75, 3.05) is 7.05 Å². The number of hydrogen-bond donors (Lipinski definition) is 2. The highest BCUT2D eigenvalue weighted by Gasteiger charge is 2.10. The number of benzene rings is 1. The zero-order valence-corrected chi connectivity index (χ0v) is 17.5. The van der Waals surface area contributed by atoms with E-state index in [1.807, 2.05) is 55.9 Å². The van der Waals surface area contributed by atoms with Crippen LogP contribution in [0.4, 0.5) is 4.39 Å². The van der Waals surface area contributed by atoms with Gasteiger partial charge in [0.05, 0.1) is 11.7 Å². The van der Waals surface area contributed by atoms with Gasteiger partial charge in [-0.05, 0) is 62.6 Å². The highest BCUT2D eigenvalue weighted by atomic mass is 19.1. The molecule has 0 saturated carbocycles. The first-order chi connectivity index (χ1) is 13.9. The monoisotopic (exact) mass is 394 g/mol. The molecule has 0 amide bonds. The van der Waals surface area contributed by atoms with E-state index in [-0.39, 0.29) is 11.9 Å². The van der Waals surface area contributed by atoms with Crippen LogP contribution in [0.5, 0.6) is 0 Å². The molecule has 7 heteroatoms. The molecule has 0 radical (unpaired) electrons. The average molecular weight is 394 g/mol. The lowest BCUT2D eigenvalue weighted by atomic mass is 10.1. The first kappa shape index (κ1) is 20.5. The Bertz CT molecular complexity index is 1010. The zero-order chi connectivity index (χ0) is 21.0. The summed E-state index contributed by atoms with van der Waals surface area (Å²) in [6, 6.07) is 11.2. The molecule has 0 bridgehead atoms. The number of guanidine groups is 1. The molecule has 0 spiro atoms. The molecule has 1 atom stereocenters. The standard InChI is InChI=1S/C22H27FN6/c1-14-6-8-19(11-20(14)23)17(4)27-22(24-5)26-13-18-7-9-21(25-12-18)29-16(3)10-15(2)28-29/h6-12,17H,13H2,1-5H3,(H2,24,26,27). The van der Waals surface area contributed by atoms with Gasteiger partial charge in [0.2, 0.25) is 0 Å². The molecule has 3 rings (SSSR count). The van der Waals surface area contributed by atoms with Crippen LogP contribution in [0.1, 0.15) is 41.0 Å². The Labute approximate surface area is 170 Å². The van der Waals surface area contributed by atoms with Crippen molar-refractivity contribution in [2.24, 2.45) is 4.99 Å². The molecular formula is C22H27FN6. The lowest BCUT2D eigenvalue weighted by molar-refractivity contribution is 0.607. The van der Waals surface area contributed by atoms with Gasteiger partial charge in [-0.1, -0.05) is 18.2 Å². The van der Waals surface area contributed by atoms with E-state index in [1.54, 1.807) is 26.1 Å². The second-order valence-electron chi connectivity index (χ2n) is 7.16. The summed E-state index contributed by atoms with van der Waals surface area (Å²) >= 11 is 0. The van der Waals surface area contributed by atoms with Crippen molar-refractivity contribution >= 4 is 5.96 Å². The maximum Gasteiger partial charge on any atom is 0.191 e. The Kier molecular flexibility index (Phi) is 6.26. The molecule has 1 aromatic carbocycles. The lowest BCUT2D eigenvalue weighted by Gasteiger charge is -2.18. The van der Waals surface area contributed by atoms with E-state index < -0.39 is 0 Å². The summed E-state index contributed by atoms with van der Waals surface area (Å²) in [5, 5.41) is 11.0. The summed E-state index contributed by atoms with van der Waals surface area (Å²) in [5.74, 6) is 1.23. The van der Waals surface area contributed by atoms with Crippen molar-refractivity contribution in [3.05, 3.63) is 76.5 Å². The number of hydrogen-bond acceptors (Lipinski definition) is 3. The van der Waals surface area contributed by atoms with Gasteiger partial charge >= 0.3 is 0 Å². The molecule has 29 heavy (non-hydrogen) atoms. The average Bonchev–Trinajstić information content (AvgIpc) is 3.05. The molecule has 2 heterocycles. The molecular weight excluding hydrogens is 367 g/mol. The van der Waals surface area contributed by atoms with Crippen LogP contribution in [0.2, 0.25) is 0 Å². The van der Waals surface area contributed by atoms with Crippen LogP contribution in [-0.2, 0) is 6.54 Å². The number of pyridine rings is 1. The quantitative estimate of drug-likeness (QED) is 0.511. The first-order valence-electron chi connectivity index (χ1n) is 9.59. The molecule has 2 aromatic heterocycles. The topological polar surface area (TPSA) is 67.1 Å². The van der Waals surface area contributed by atoms with Crippen LogP contribution in [-0.4, -0.2) is 27.8 Å². The molecule has 0 fully saturated rings. The number of aromatic nitrogens is 3. The first-order valence-corrected chi connectivity index (χ1v) is 9.59. The lowest BCUT2D eigenvalue weighted by Crippen LogP contribution is -2.38. The number of aryl methyl sites for hydroxylation is 3. The third-order valence-electron chi connectivity index (χ3n) is 4.77. The fourth-order valence-corrected chi connectivity index (χ4v) is 3.05. The van der Waals surface area contributed by atoms with E-state index in [0.717, 1.165) is 28.3 Å². The van der Waals surface area contributed by atoms with E-state index in [9.17, 15) is 4.39 Å². The highest BCUT2D eigenvalue weighted by Crippen LogP contribution is 2.16. The maximum absolute atomic E-state index is 13.8. The van der Waals surface area contributed by atoms with Crippen LogP contribution >= 0.6 is 0 Å². The highest BCUT2D eigenvalue weighted by molar-refractivity contribution is 5.80. The van der Waals surface area contributed by atoms with Crippen LogP contribution in [0.15, 0.2) is 47.6 Å². The summed E-state index contributed by atoms with van der Waals surface area (Å²) in [7, 11) is 1.71. The molecule has 3 aromatic rings. The van der Waals surface area contributed by atoms with Crippen LogP contribution in [0.25, 0.3) is 5.82 Å². The van der Waals surface area contributed by atoms with Crippen molar-refractivity contribution in [3.63, 3.8) is 0 Å². The van der Waals surface area contributed by atoms with Crippen molar-refractivity contribution in [1.82, 2.24) is 25.4 Å². The van der Waals surface area contributed by atoms with Gasteiger partial charge in [-0.15, -0.1) is 0 Å². The maximum atomic E-state index is 13.8. The molecule has 0 saturated heterocycles. The molecule has 0 aliphatic heterocycles. The van der Waals surface area contributed by atoms with Gasteiger partial charge in [0.25, 0.3) is 0 Å². The Morgan fingerprint density at radius 3 is 2.55 bits per heavy atom. The normalized spacial score (nSPS) is 12.7. The SMILES string of the molecule is CN=C(NCc1ccc(-n2nc(C)cc2C)nc1)NC(C)c1ccc(C)c(F)c1. The van der Waals surface area contributed by atoms with E-state index in [0.29, 0.717) is 18.1 Å². The van der Waals surface area contributed by atoms with Crippen molar-refractivity contribution < 1.29 is 4.39 Å². The molecule has 0 aliphatic rings. The summed E-state index contributed by atoms with van der Waals surface area (Å²) in [6.07, 6.45) is 1.82. The van der Waals surface area contributed by atoms with Crippen LogP contribution in [0, 0.1) is 26.6 Å². The van der Waals surface area contributed by atoms with Gasteiger partial charge in [0.15, 0.2) is 11.8 Å². The van der Waals surface area contributed by atoms with Crippen LogP contribution < -0.4 is 10.6 Å². The summed E-state index contributed by atoms with van der Waals surface area (Å²) < 4.78 is 15.7. The van der Waals surface area contributed by atoms with E-state index in [2.05, 4.69) is 25.7 Å². The van der Waals surface area contributed by atoms with Gasteiger partial charge in [-0.2, -0.15) is 5.10 Å². The van der Waals surface area contributed by atoms with E-state index in [4.69, 9.17) is 0 Å². The number of rotatable bonds is 5. The predicted octanol–water partition coefficient (Wildman–Crippen LogP) is 3.76. The third kappa shape index (κ3) is 4.99. The minimum absolute atomic E-state index is 0.0807. The van der Waals surface area contributed by atoms with Crippen LogP contribution in [0.3, 0.4) is 0 Å². The summed E-state index contributed by atoms with van der Waals surface area (Å²) in [4.78, 5) is 8.77. The largest absolute Gasteiger partial charge is 0.352 e. The van der Waals surface area contributed by atoms with Gasteiger partial charge in [0.1, 0.15) is 5.82 Å². The number of aliphatic imine (C=N–C) groups is 1. The minimum atomic E-state index is -0.201. The Hall–Kier alpha value is -3.22. The summed E-state index contributed by atoms with van der Waals surface area (Å²) in [5.41, 5.74) is 4.54. The fourth-order valence-electron chi connectivity index (χ4n) is 3.05. The zero-order valence-electron chi connectivity index (χ0n) is 17.5. The van der Waals surface area contributed by atoms with Gasteiger partial charge in [0, 0.05) is 25.5 Å². The molecule has 1 unspecified atom stereocenters. The minimum Gasteiger partial charge on any atom is -0.352 e. The molecule has 6 nitrogen and oxygen atoms in total.